The number of esters is 1. The third-order valence-electron chi connectivity index (χ3n) is 1.49. The van der Waals surface area contributed by atoms with Crippen LogP contribution in [0, 0.1) is 0 Å². The maximum atomic E-state index is 11.2. The number of hydrogen-bond acceptors (Lipinski definition) is 4. The predicted molar refractivity (Wildman–Crippen MR) is 49.5 cm³/mol. The van der Waals surface area contributed by atoms with Crippen LogP contribution in [-0.4, -0.2) is 17.7 Å². The van der Waals surface area contributed by atoms with Crippen LogP contribution in [0.3, 0.4) is 0 Å². The third-order valence-corrected chi connectivity index (χ3v) is 2.31. The second kappa shape index (κ2) is 4.41. The molecule has 4 nitrogen and oxygen atoms in total. The number of aryl methyl sites for hydroxylation is 1. The van der Waals surface area contributed by atoms with Crippen molar-refractivity contribution in [2.24, 2.45) is 0 Å². The van der Waals surface area contributed by atoms with Crippen LogP contribution in [0.1, 0.15) is 30.1 Å². The molecule has 0 aliphatic rings. The minimum absolute atomic E-state index is 0.207. The minimum atomic E-state index is -0.460. The van der Waals surface area contributed by atoms with Gasteiger partial charge in [-0.1, -0.05) is 12.1 Å². The molecule has 0 aromatic carbocycles. The van der Waals surface area contributed by atoms with E-state index in [0.717, 1.165) is 0 Å². The molecule has 13 heavy (non-hydrogen) atoms. The Morgan fingerprint density at radius 1 is 1.62 bits per heavy atom. The number of carbonyl (C=O) groups is 1. The highest BCUT2D eigenvalue weighted by atomic mass is 79.9. The molecule has 0 saturated carbocycles. The molecule has 0 aliphatic carbocycles. The SMILES string of the molecule is CCOC(=O)c1noc(CC)c1Br. The number of carbonyl (C=O) groups excluding carboxylic acids is 1. The lowest BCUT2D eigenvalue weighted by Gasteiger charge is -1.96. The summed E-state index contributed by atoms with van der Waals surface area (Å²) in [6.07, 6.45) is 0.687. The van der Waals surface area contributed by atoms with Gasteiger partial charge in [0.05, 0.1) is 11.1 Å². The molecule has 0 N–H and O–H groups in total. The standard InChI is InChI=1S/C8H10BrNO3/c1-3-5-6(9)7(10-13-5)8(11)12-4-2/h3-4H2,1-2H3. The van der Waals surface area contributed by atoms with Crippen molar-refractivity contribution in [3.05, 3.63) is 15.9 Å². The minimum Gasteiger partial charge on any atom is -0.461 e. The molecule has 0 amide bonds. The van der Waals surface area contributed by atoms with E-state index in [1.807, 2.05) is 6.92 Å². The van der Waals surface area contributed by atoms with E-state index >= 15 is 0 Å². The summed E-state index contributed by atoms with van der Waals surface area (Å²) in [6, 6.07) is 0. The Morgan fingerprint density at radius 3 is 2.77 bits per heavy atom. The van der Waals surface area contributed by atoms with Crippen LogP contribution in [0.15, 0.2) is 9.00 Å². The first-order valence-electron chi connectivity index (χ1n) is 4.01. The van der Waals surface area contributed by atoms with Crippen LogP contribution >= 0.6 is 15.9 Å². The number of hydrogen-bond donors (Lipinski definition) is 0. The van der Waals surface area contributed by atoms with Gasteiger partial charge in [0.15, 0.2) is 5.76 Å². The van der Waals surface area contributed by atoms with E-state index in [9.17, 15) is 4.79 Å². The van der Waals surface area contributed by atoms with E-state index in [4.69, 9.17) is 9.26 Å². The molecule has 0 spiro atoms. The molecule has 1 heterocycles. The quantitative estimate of drug-likeness (QED) is 0.769. The van der Waals surface area contributed by atoms with Crippen molar-refractivity contribution >= 4 is 21.9 Å². The highest BCUT2D eigenvalue weighted by Crippen LogP contribution is 2.22. The number of ether oxygens (including phenoxy) is 1. The van der Waals surface area contributed by atoms with Crippen molar-refractivity contribution in [3.8, 4) is 0 Å². The highest BCUT2D eigenvalue weighted by Gasteiger charge is 2.19. The van der Waals surface area contributed by atoms with Gasteiger partial charge >= 0.3 is 5.97 Å². The maximum absolute atomic E-state index is 11.2. The highest BCUT2D eigenvalue weighted by molar-refractivity contribution is 9.10. The van der Waals surface area contributed by atoms with Crippen molar-refractivity contribution in [1.29, 1.82) is 0 Å². The smallest absolute Gasteiger partial charge is 0.361 e. The van der Waals surface area contributed by atoms with Crippen LogP contribution in [0.4, 0.5) is 0 Å². The largest absolute Gasteiger partial charge is 0.461 e. The van der Waals surface area contributed by atoms with Gasteiger partial charge in [-0.25, -0.2) is 4.79 Å². The predicted octanol–water partition coefficient (Wildman–Crippen LogP) is 2.18. The number of nitrogens with zero attached hydrogens (tertiary/aromatic N) is 1. The van der Waals surface area contributed by atoms with Gasteiger partial charge in [0, 0.05) is 6.42 Å². The summed E-state index contributed by atoms with van der Waals surface area (Å²) in [4.78, 5) is 11.2. The van der Waals surface area contributed by atoms with Gasteiger partial charge in [-0.15, -0.1) is 0 Å². The van der Waals surface area contributed by atoms with E-state index in [-0.39, 0.29) is 5.69 Å². The summed E-state index contributed by atoms with van der Waals surface area (Å²) in [7, 11) is 0. The van der Waals surface area contributed by atoms with Crippen molar-refractivity contribution in [1.82, 2.24) is 5.16 Å². The van der Waals surface area contributed by atoms with E-state index in [0.29, 0.717) is 23.3 Å². The van der Waals surface area contributed by atoms with Gasteiger partial charge in [-0.2, -0.15) is 0 Å². The normalized spacial score (nSPS) is 10.1. The molecule has 0 unspecified atom stereocenters. The van der Waals surface area contributed by atoms with Crippen LogP contribution < -0.4 is 0 Å². The van der Waals surface area contributed by atoms with Gasteiger partial charge in [-0.05, 0) is 22.9 Å². The van der Waals surface area contributed by atoms with Crippen molar-refractivity contribution < 1.29 is 14.1 Å². The Labute approximate surface area is 84.4 Å². The fourth-order valence-corrected chi connectivity index (χ4v) is 1.45. The average molecular weight is 248 g/mol. The van der Waals surface area contributed by atoms with Gasteiger partial charge < -0.3 is 9.26 Å². The van der Waals surface area contributed by atoms with Crippen molar-refractivity contribution in [2.45, 2.75) is 20.3 Å². The van der Waals surface area contributed by atoms with Crippen molar-refractivity contribution in [3.63, 3.8) is 0 Å². The maximum Gasteiger partial charge on any atom is 0.361 e. The number of halogens is 1. The molecule has 0 radical (unpaired) electrons. The van der Waals surface area contributed by atoms with Crippen LogP contribution in [0.5, 0.6) is 0 Å². The summed E-state index contributed by atoms with van der Waals surface area (Å²) in [5.74, 6) is 0.195. The molecule has 0 bridgehead atoms. The zero-order valence-corrected chi connectivity index (χ0v) is 9.05. The van der Waals surface area contributed by atoms with Crippen molar-refractivity contribution in [2.75, 3.05) is 6.61 Å². The summed E-state index contributed by atoms with van der Waals surface area (Å²) >= 11 is 3.22. The number of rotatable bonds is 3. The second-order valence-corrected chi connectivity index (χ2v) is 3.14. The second-order valence-electron chi connectivity index (χ2n) is 2.34. The molecule has 1 rings (SSSR count). The molecular weight excluding hydrogens is 238 g/mol. The molecule has 0 fully saturated rings. The van der Waals surface area contributed by atoms with Gasteiger partial charge in [0.2, 0.25) is 5.69 Å². The van der Waals surface area contributed by atoms with E-state index < -0.39 is 5.97 Å². The lowest BCUT2D eigenvalue weighted by Crippen LogP contribution is -2.05. The molecule has 1 aromatic heterocycles. The van der Waals surface area contributed by atoms with Crippen LogP contribution in [0.25, 0.3) is 0 Å². The Balaban J connectivity index is 2.89. The van der Waals surface area contributed by atoms with Gasteiger partial charge in [0.1, 0.15) is 0 Å². The van der Waals surface area contributed by atoms with Crippen LogP contribution in [0.2, 0.25) is 0 Å². The first-order valence-corrected chi connectivity index (χ1v) is 4.81. The lowest BCUT2D eigenvalue weighted by molar-refractivity contribution is 0.0513. The molecule has 72 valence electrons. The monoisotopic (exact) mass is 247 g/mol. The zero-order chi connectivity index (χ0) is 9.84. The lowest BCUT2D eigenvalue weighted by atomic mass is 10.3. The number of aromatic nitrogens is 1. The summed E-state index contributed by atoms with van der Waals surface area (Å²) in [5, 5.41) is 3.61. The molecular formula is C8H10BrNO3. The molecule has 0 saturated heterocycles. The fraction of sp³-hybridized carbons (Fsp3) is 0.500. The molecule has 1 aromatic rings. The Bertz CT molecular complexity index is 308. The molecule has 0 atom stereocenters. The Morgan fingerprint density at radius 2 is 2.31 bits per heavy atom. The van der Waals surface area contributed by atoms with E-state index in [1.165, 1.54) is 0 Å². The molecule has 0 aliphatic heterocycles. The zero-order valence-electron chi connectivity index (χ0n) is 7.46. The summed E-state index contributed by atoms with van der Waals surface area (Å²) in [5.41, 5.74) is 0.207. The third kappa shape index (κ3) is 2.09. The fourth-order valence-electron chi connectivity index (χ4n) is 0.859. The van der Waals surface area contributed by atoms with E-state index in [1.54, 1.807) is 6.92 Å². The average Bonchev–Trinajstić information content (AvgIpc) is 2.47. The van der Waals surface area contributed by atoms with Gasteiger partial charge in [-0.3, -0.25) is 0 Å². The first kappa shape index (κ1) is 10.2. The Hall–Kier alpha value is -0.840. The first-order chi connectivity index (χ1) is 6.20. The summed E-state index contributed by atoms with van der Waals surface area (Å²) < 4.78 is 10.3. The topological polar surface area (TPSA) is 52.3 Å². The van der Waals surface area contributed by atoms with E-state index in [2.05, 4.69) is 21.1 Å². The summed E-state index contributed by atoms with van der Waals surface area (Å²) in [6.45, 7) is 3.99. The van der Waals surface area contributed by atoms with Crippen LogP contribution in [-0.2, 0) is 11.2 Å². The Kier molecular flexibility index (Phi) is 3.48. The van der Waals surface area contributed by atoms with Gasteiger partial charge in [0.25, 0.3) is 0 Å². The molecule has 5 heteroatoms.